The molecule has 1 aliphatic heterocycles. The van der Waals surface area contributed by atoms with E-state index in [1.807, 2.05) is 6.92 Å². The van der Waals surface area contributed by atoms with E-state index in [-0.39, 0.29) is 17.6 Å². The molecule has 1 N–H and O–H groups in total. The van der Waals surface area contributed by atoms with Gasteiger partial charge >= 0.3 is 0 Å². The predicted octanol–water partition coefficient (Wildman–Crippen LogP) is 2.42. The third-order valence-corrected chi connectivity index (χ3v) is 3.07. The summed E-state index contributed by atoms with van der Waals surface area (Å²) in [6.45, 7) is 2.44. The lowest BCUT2D eigenvalue weighted by molar-refractivity contribution is 0.0428. The van der Waals surface area contributed by atoms with E-state index < -0.39 is 17.7 Å². The van der Waals surface area contributed by atoms with Crippen molar-refractivity contribution in [2.75, 3.05) is 6.61 Å². The maximum atomic E-state index is 13.0. The van der Waals surface area contributed by atoms with Gasteiger partial charge in [-0.25, -0.2) is 8.78 Å². The molecule has 1 fully saturated rings. The first-order valence-electron chi connectivity index (χ1n) is 5.33. The number of aliphatic hydroxyl groups is 1. The number of rotatable bonds is 2. The minimum Gasteiger partial charge on any atom is -0.388 e. The summed E-state index contributed by atoms with van der Waals surface area (Å²) in [5.74, 6) is -1.43. The Morgan fingerprint density at radius 3 is 2.44 bits per heavy atom. The van der Waals surface area contributed by atoms with Crippen LogP contribution in [0.15, 0.2) is 18.2 Å². The highest BCUT2D eigenvalue weighted by Gasteiger charge is 2.31. The van der Waals surface area contributed by atoms with Crippen molar-refractivity contribution in [3.8, 4) is 0 Å². The van der Waals surface area contributed by atoms with E-state index in [1.165, 1.54) is 12.1 Å². The van der Waals surface area contributed by atoms with Crippen LogP contribution < -0.4 is 0 Å². The van der Waals surface area contributed by atoms with Crippen molar-refractivity contribution in [2.45, 2.75) is 25.6 Å². The van der Waals surface area contributed by atoms with E-state index in [0.29, 0.717) is 13.0 Å². The van der Waals surface area contributed by atoms with E-state index in [2.05, 4.69) is 0 Å². The molecule has 0 radical (unpaired) electrons. The molecule has 3 unspecified atom stereocenters. The van der Waals surface area contributed by atoms with Crippen LogP contribution in [0.4, 0.5) is 8.78 Å². The lowest BCUT2D eigenvalue weighted by atomic mass is 9.91. The van der Waals surface area contributed by atoms with E-state index in [0.717, 1.165) is 6.07 Å². The highest BCUT2D eigenvalue weighted by atomic mass is 19.1. The van der Waals surface area contributed by atoms with Crippen LogP contribution in [-0.4, -0.2) is 17.8 Å². The first-order chi connectivity index (χ1) is 7.58. The molecule has 1 aromatic carbocycles. The zero-order valence-corrected chi connectivity index (χ0v) is 8.99. The average Bonchev–Trinajstić information content (AvgIpc) is 2.62. The average molecular weight is 228 g/mol. The van der Waals surface area contributed by atoms with Gasteiger partial charge < -0.3 is 9.84 Å². The molecule has 4 heteroatoms. The van der Waals surface area contributed by atoms with Crippen LogP contribution in [0.2, 0.25) is 0 Å². The summed E-state index contributed by atoms with van der Waals surface area (Å²) in [5, 5.41) is 10.0. The van der Waals surface area contributed by atoms with Crippen molar-refractivity contribution >= 4 is 0 Å². The molecule has 1 aromatic rings. The van der Waals surface area contributed by atoms with Gasteiger partial charge in [-0.1, -0.05) is 0 Å². The Morgan fingerprint density at radius 1 is 1.31 bits per heavy atom. The molecule has 0 saturated carbocycles. The Labute approximate surface area is 92.9 Å². The minimum atomic E-state index is -0.872. The SMILES string of the molecule is CC1OCCC1C(O)c1cc(F)cc(F)c1. The second kappa shape index (κ2) is 4.47. The molecular formula is C12H14F2O2. The number of ether oxygens (including phenoxy) is 1. The number of halogens is 2. The fraction of sp³-hybridized carbons (Fsp3) is 0.500. The van der Waals surface area contributed by atoms with Crippen LogP contribution in [0.3, 0.4) is 0 Å². The second-order valence-electron chi connectivity index (χ2n) is 4.18. The molecule has 0 bridgehead atoms. The molecule has 1 aliphatic rings. The third-order valence-electron chi connectivity index (χ3n) is 3.07. The maximum Gasteiger partial charge on any atom is 0.126 e. The zero-order valence-electron chi connectivity index (χ0n) is 8.99. The van der Waals surface area contributed by atoms with Gasteiger partial charge in [-0.3, -0.25) is 0 Å². The van der Waals surface area contributed by atoms with Crippen LogP contribution in [0.5, 0.6) is 0 Å². The van der Waals surface area contributed by atoms with E-state index >= 15 is 0 Å². The normalized spacial score (nSPS) is 27.0. The van der Waals surface area contributed by atoms with Gasteiger partial charge in [0.05, 0.1) is 12.2 Å². The molecule has 2 nitrogen and oxygen atoms in total. The van der Waals surface area contributed by atoms with Crippen LogP contribution in [0.25, 0.3) is 0 Å². The van der Waals surface area contributed by atoms with Crippen molar-refractivity contribution < 1.29 is 18.6 Å². The van der Waals surface area contributed by atoms with E-state index in [1.54, 1.807) is 0 Å². The highest BCUT2D eigenvalue weighted by molar-refractivity contribution is 5.21. The van der Waals surface area contributed by atoms with Gasteiger partial charge in [-0.15, -0.1) is 0 Å². The monoisotopic (exact) mass is 228 g/mol. The summed E-state index contributed by atoms with van der Waals surface area (Å²) in [6, 6.07) is 3.13. The molecule has 0 spiro atoms. The van der Waals surface area contributed by atoms with Gasteiger partial charge in [0.15, 0.2) is 0 Å². The molecule has 1 saturated heterocycles. The fourth-order valence-electron chi connectivity index (χ4n) is 2.16. The van der Waals surface area contributed by atoms with Gasteiger partial charge in [0.1, 0.15) is 11.6 Å². The Balaban J connectivity index is 2.22. The lowest BCUT2D eigenvalue weighted by Crippen LogP contribution is -2.20. The number of aliphatic hydroxyl groups excluding tert-OH is 1. The largest absolute Gasteiger partial charge is 0.388 e. The predicted molar refractivity (Wildman–Crippen MR) is 54.8 cm³/mol. The van der Waals surface area contributed by atoms with Crippen molar-refractivity contribution in [3.05, 3.63) is 35.4 Å². The summed E-state index contributed by atoms with van der Waals surface area (Å²) in [5.41, 5.74) is 0.278. The van der Waals surface area contributed by atoms with Gasteiger partial charge in [0, 0.05) is 18.6 Å². The topological polar surface area (TPSA) is 29.5 Å². The quantitative estimate of drug-likeness (QED) is 0.842. The van der Waals surface area contributed by atoms with Gasteiger partial charge in [0.2, 0.25) is 0 Å². The summed E-state index contributed by atoms with van der Waals surface area (Å²) in [6.07, 6.45) is -0.246. The van der Waals surface area contributed by atoms with Crippen molar-refractivity contribution in [2.24, 2.45) is 5.92 Å². The molecule has 1 heterocycles. The molecule has 0 aromatic heterocycles. The summed E-state index contributed by atoms with van der Waals surface area (Å²) < 4.78 is 31.3. The van der Waals surface area contributed by atoms with Crippen molar-refractivity contribution in [1.82, 2.24) is 0 Å². The molecule has 0 aliphatic carbocycles. The van der Waals surface area contributed by atoms with Gasteiger partial charge in [-0.05, 0) is 31.0 Å². The molecule has 88 valence electrons. The second-order valence-corrected chi connectivity index (χ2v) is 4.18. The fourth-order valence-corrected chi connectivity index (χ4v) is 2.16. The van der Waals surface area contributed by atoms with E-state index in [9.17, 15) is 13.9 Å². The van der Waals surface area contributed by atoms with Gasteiger partial charge in [0.25, 0.3) is 0 Å². The Bertz CT molecular complexity index is 361. The molecule has 16 heavy (non-hydrogen) atoms. The maximum absolute atomic E-state index is 13.0. The van der Waals surface area contributed by atoms with Crippen LogP contribution >= 0.6 is 0 Å². The van der Waals surface area contributed by atoms with Crippen LogP contribution in [0.1, 0.15) is 25.0 Å². The first-order valence-corrected chi connectivity index (χ1v) is 5.33. The van der Waals surface area contributed by atoms with E-state index in [4.69, 9.17) is 4.74 Å². The number of hydrogen-bond donors (Lipinski definition) is 1. The first kappa shape index (κ1) is 11.5. The molecule has 0 amide bonds. The Hall–Kier alpha value is -1.00. The third kappa shape index (κ3) is 2.23. The molecule has 3 atom stereocenters. The highest BCUT2D eigenvalue weighted by Crippen LogP contribution is 2.33. The standard InChI is InChI=1S/C12H14F2O2/c1-7-11(2-3-16-7)12(15)8-4-9(13)6-10(14)5-8/h4-7,11-12,15H,2-3H2,1H3. The summed E-state index contributed by atoms with van der Waals surface area (Å²) in [7, 11) is 0. The summed E-state index contributed by atoms with van der Waals surface area (Å²) in [4.78, 5) is 0. The molecular weight excluding hydrogens is 214 g/mol. The Kier molecular flexibility index (Phi) is 3.21. The van der Waals surface area contributed by atoms with Crippen LogP contribution in [-0.2, 0) is 4.74 Å². The molecule has 2 rings (SSSR count). The number of benzene rings is 1. The number of hydrogen-bond acceptors (Lipinski definition) is 2. The Morgan fingerprint density at radius 2 is 1.94 bits per heavy atom. The lowest BCUT2D eigenvalue weighted by Gasteiger charge is -2.21. The zero-order chi connectivity index (χ0) is 11.7. The van der Waals surface area contributed by atoms with Crippen LogP contribution in [0, 0.1) is 17.6 Å². The minimum absolute atomic E-state index is 0.0821. The van der Waals surface area contributed by atoms with Crippen molar-refractivity contribution in [3.63, 3.8) is 0 Å². The van der Waals surface area contributed by atoms with Gasteiger partial charge in [-0.2, -0.15) is 0 Å². The summed E-state index contributed by atoms with van der Waals surface area (Å²) >= 11 is 0. The smallest absolute Gasteiger partial charge is 0.126 e. The van der Waals surface area contributed by atoms with Crippen molar-refractivity contribution in [1.29, 1.82) is 0 Å².